The van der Waals surface area contributed by atoms with E-state index in [2.05, 4.69) is 10.1 Å². The van der Waals surface area contributed by atoms with Gasteiger partial charge in [-0.25, -0.2) is 4.98 Å². The number of benzene rings is 2. The highest BCUT2D eigenvalue weighted by Gasteiger charge is 2.16. The molecule has 0 amide bonds. The number of para-hydroxylation sites is 2. The topological polar surface area (TPSA) is 92.3 Å². The monoisotopic (exact) mass is 452 g/mol. The minimum absolute atomic E-state index is 0.0638. The summed E-state index contributed by atoms with van der Waals surface area (Å²) in [4.78, 5) is 22.3. The van der Waals surface area contributed by atoms with Gasteiger partial charge in [0.2, 0.25) is 11.7 Å². The Morgan fingerprint density at radius 2 is 1.91 bits per heavy atom. The molecule has 0 aliphatic rings. The van der Waals surface area contributed by atoms with Crippen LogP contribution >= 0.6 is 11.8 Å². The van der Waals surface area contributed by atoms with Gasteiger partial charge in [0.25, 0.3) is 5.56 Å². The maximum absolute atomic E-state index is 13.0. The molecule has 0 bridgehead atoms. The lowest BCUT2D eigenvalue weighted by atomic mass is 10.2. The number of hydrogen-bond acceptors (Lipinski definition) is 8. The molecular weight excluding hydrogens is 428 g/mol. The molecule has 8 nitrogen and oxygen atoms in total. The van der Waals surface area contributed by atoms with Gasteiger partial charge in [-0.05, 0) is 37.6 Å². The molecule has 0 spiro atoms. The molecule has 4 aromatic rings. The maximum atomic E-state index is 13.0. The van der Waals surface area contributed by atoms with Gasteiger partial charge in [0.05, 0.1) is 28.8 Å². The first-order chi connectivity index (χ1) is 15.7. The third-order valence-electron chi connectivity index (χ3n) is 4.78. The molecule has 0 atom stereocenters. The van der Waals surface area contributed by atoms with Crippen molar-refractivity contribution in [3.05, 3.63) is 64.8 Å². The summed E-state index contributed by atoms with van der Waals surface area (Å²) in [6.07, 6.45) is 0.711. The van der Waals surface area contributed by atoms with Crippen LogP contribution in [0.3, 0.4) is 0 Å². The highest BCUT2D eigenvalue weighted by atomic mass is 32.2. The summed E-state index contributed by atoms with van der Waals surface area (Å²) in [6.45, 7) is 3.56. The first-order valence-electron chi connectivity index (χ1n) is 10.4. The number of fused-ring (bicyclic) bond motifs is 1. The number of methoxy groups -OCH3 is 1. The second-order valence-corrected chi connectivity index (χ2v) is 7.89. The lowest BCUT2D eigenvalue weighted by Crippen LogP contribution is -2.24. The molecule has 166 valence electrons. The third-order valence-corrected chi connectivity index (χ3v) is 5.74. The van der Waals surface area contributed by atoms with Crippen molar-refractivity contribution < 1.29 is 14.0 Å². The van der Waals surface area contributed by atoms with Gasteiger partial charge in [0.15, 0.2) is 5.16 Å². The lowest BCUT2D eigenvalue weighted by molar-refractivity contribution is 0.189. The van der Waals surface area contributed by atoms with E-state index >= 15 is 0 Å². The minimum Gasteiger partial charge on any atom is -0.493 e. The van der Waals surface area contributed by atoms with Crippen LogP contribution in [0.5, 0.6) is 5.75 Å². The summed E-state index contributed by atoms with van der Waals surface area (Å²) >= 11 is 1.39. The molecule has 0 radical (unpaired) electrons. The number of thioether (sulfide) groups is 1. The molecule has 0 unspecified atom stereocenters. The van der Waals surface area contributed by atoms with Gasteiger partial charge >= 0.3 is 0 Å². The second-order valence-electron chi connectivity index (χ2n) is 6.94. The second kappa shape index (κ2) is 10.4. The molecule has 2 aromatic carbocycles. The van der Waals surface area contributed by atoms with Crippen molar-refractivity contribution in [1.29, 1.82) is 0 Å². The zero-order valence-electron chi connectivity index (χ0n) is 18.0. The average Bonchev–Trinajstić information content (AvgIpc) is 3.29. The molecule has 32 heavy (non-hydrogen) atoms. The Morgan fingerprint density at radius 1 is 1.09 bits per heavy atom. The summed E-state index contributed by atoms with van der Waals surface area (Å²) in [7, 11) is 1.65. The Labute approximate surface area is 189 Å². The molecule has 0 saturated heterocycles. The van der Waals surface area contributed by atoms with Crippen LogP contribution in [0.25, 0.3) is 22.3 Å². The van der Waals surface area contributed by atoms with E-state index in [-0.39, 0.29) is 5.56 Å². The SMILES string of the molecule is CCOc1ccccc1-c1noc(CSc2nc3ccccc3c(=O)n2CCCOC)n1. The van der Waals surface area contributed by atoms with Crippen LogP contribution in [0.4, 0.5) is 0 Å². The van der Waals surface area contributed by atoms with Crippen molar-refractivity contribution >= 4 is 22.7 Å². The zero-order chi connectivity index (χ0) is 22.3. The van der Waals surface area contributed by atoms with E-state index in [1.807, 2.05) is 49.4 Å². The quantitative estimate of drug-likeness (QED) is 0.201. The third kappa shape index (κ3) is 4.84. The zero-order valence-corrected chi connectivity index (χ0v) is 18.8. The van der Waals surface area contributed by atoms with Crippen LogP contribution in [0.2, 0.25) is 0 Å². The molecule has 0 fully saturated rings. The number of nitrogens with zero attached hydrogens (tertiary/aromatic N) is 4. The molecule has 0 aliphatic heterocycles. The van der Waals surface area contributed by atoms with Gasteiger partial charge in [0.1, 0.15) is 5.75 Å². The van der Waals surface area contributed by atoms with Crippen molar-refractivity contribution in [2.75, 3.05) is 20.3 Å². The summed E-state index contributed by atoms with van der Waals surface area (Å²) in [5, 5.41) is 5.32. The van der Waals surface area contributed by atoms with Gasteiger partial charge in [-0.3, -0.25) is 9.36 Å². The molecule has 4 rings (SSSR count). The summed E-state index contributed by atoms with van der Waals surface area (Å²) in [5.74, 6) is 2.01. The summed E-state index contributed by atoms with van der Waals surface area (Å²) in [5.41, 5.74) is 1.38. The average molecular weight is 453 g/mol. The fourth-order valence-electron chi connectivity index (χ4n) is 3.30. The number of hydrogen-bond donors (Lipinski definition) is 0. The van der Waals surface area contributed by atoms with Crippen molar-refractivity contribution in [2.45, 2.75) is 30.8 Å². The standard InChI is InChI=1S/C23H24N4O4S/c1-3-30-19-12-7-5-10-17(19)21-25-20(31-26-21)15-32-23-24-18-11-6-4-9-16(18)22(28)27(23)13-8-14-29-2/h4-7,9-12H,3,8,13-15H2,1-2H3. The van der Waals surface area contributed by atoms with E-state index < -0.39 is 0 Å². The number of ether oxygens (including phenoxy) is 2. The van der Waals surface area contributed by atoms with Gasteiger partial charge in [-0.2, -0.15) is 4.98 Å². The highest BCUT2D eigenvalue weighted by molar-refractivity contribution is 7.98. The van der Waals surface area contributed by atoms with Gasteiger partial charge in [-0.1, -0.05) is 41.2 Å². The predicted molar refractivity (Wildman–Crippen MR) is 123 cm³/mol. The van der Waals surface area contributed by atoms with Crippen LogP contribution in [0.1, 0.15) is 19.2 Å². The van der Waals surface area contributed by atoms with Gasteiger partial charge in [-0.15, -0.1) is 0 Å². The van der Waals surface area contributed by atoms with E-state index in [0.717, 1.165) is 5.56 Å². The van der Waals surface area contributed by atoms with Crippen LogP contribution < -0.4 is 10.3 Å². The largest absolute Gasteiger partial charge is 0.493 e. The smallest absolute Gasteiger partial charge is 0.262 e. The number of rotatable bonds is 10. The fourth-order valence-corrected chi connectivity index (χ4v) is 4.17. The molecule has 0 aliphatic carbocycles. The lowest BCUT2D eigenvalue weighted by Gasteiger charge is -2.12. The molecule has 2 aromatic heterocycles. The van der Waals surface area contributed by atoms with E-state index in [1.165, 1.54) is 11.8 Å². The molecular formula is C23H24N4O4S. The number of aromatic nitrogens is 4. The van der Waals surface area contributed by atoms with E-state index in [0.29, 0.717) is 65.5 Å². The Bertz CT molecular complexity index is 1250. The van der Waals surface area contributed by atoms with E-state index in [4.69, 9.17) is 19.0 Å². The van der Waals surface area contributed by atoms with Crippen LogP contribution in [0.15, 0.2) is 63.0 Å². The first-order valence-corrected chi connectivity index (χ1v) is 11.4. The van der Waals surface area contributed by atoms with E-state index in [1.54, 1.807) is 17.7 Å². The maximum Gasteiger partial charge on any atom is 0.262 e. The summed E-state index contributed by atoms with van der Waals surface area (Å²) < 4.78 is 18.0. The normalized spacial score (nSPS) is 11.2. The van der Waals surface area contributed by atoms with Crippen molar-refractivity contribution in [2.24, 2.45) is 0 Å². The van der Waals surface area contributed by atoms with Crippen LogP contribution in [0, 0.1) is 0 Å². The molecule has 0 N–H and O–H groups in total. The van der Waals surface area contributed by atoms with Gasteiger partial charge < -0.3 is 14.0 Å². The van der Waals surface area contributed by atoms with Crippen molar-refractivity contribution in [1.82, 2.24) is 19.7 Å². The molecule has 0 saturated carbocycles. The Kier molecular flexibility index (Phi) is 7.18. The first kappa shape index (κ1) is 22.0. The minimum atomic E-state index is -0.0638. The van der Waals surface area contributed by atoms with Gasteiger partial charge in [0, 0.05) is 20.3 Å². The van der Waals surface area contributed by atoms with E-state index in [9.17, 15) is 4.79 Å². The Morgan fingerprint density at radius 3 is 2.75 bits per heavy atom. The molecule has 2 heterocycles. The Hall–Kier alpha value is -3.17. The van der Waals surface area contributed by atoms with Crippen molar-refractivity contribution in [3.63, 3.8) is 0 Å². The highest BCUT2D eigenvalue weighted by Crippen LogP contribution is 2.29. The Balaban J connectivity index is 1.58. The predicted octanol–water partition coefficient (Wildman–Crippen LogP) is 4.17. The van der Waals surface area contributed by atoms with Crippen LogP contribution in [-0.2, 0) is 17.0 Å². The molecule has 9 heteroatoms. The van der Waals surface area contributed by atoms with Crippen LogP contribution in [-0.4, -0.2) is 40.0 Å². The summed E-state index contributed by atoms with van der Waals surface area (Å²) in [6, 6.07) is 14.9. The fraction of sp³-hybridized carbons (Fsp3) is 0.304. The van der Waals surface area contributed by atoms with Crippen molar-refractivity contribution in [3.8, 4) is 17.1 Å².